The van der Waals surface area contributed by atoms with Crippen LogP contribution in [0.3, 0.4) is 0 Å². The van der Waals surface area contributed by atoms with Crippen molar-refractivity contribution in [2.24, 2.45) is 0 Å². The molecule has 0 radical (unpaired) electrons. The van der Waals surface area contributed by atoms with Crippen LogP contribution in [0.15, 0.2) is 5.51 Å². The molecule has 1 aliphatic heterocycles. The summed E-state index contributed by atoms with van der Waals surface area (Å²) < 4.78 is 5.30. The Hall–Kier alpha value is -0.980. The lowest BCUT2D eigenvalue weighted by Gasteiger charge is -2.26. The van der Waals surface area contributed by atoms with Gasteiger partial charge in [0.25, 0.3) is 5.91 Å². The summed E-state index contributed by atoms with van der Waals surface area (Å²) in [6.07, 6.45) is 1.78. The van der Waals surface area contributed by atoms with Crippen LogP contribution in [0, 0.1) is 0 Å². The summed E-state index contributed by atoms with van der Waals surface area (Å²) in [5, 5.41) is 2.97. The smallest absolute Gasteiger partial charge is 0.263 e. The van der Waals surface area contributed by atoms with E-state index in [0.717, 1.165) is 62.8 Å². The number of nitrogens with one attached hydrogen (secondary N) is 1. The molecule has 2 heterocycles. The van der Waals surface area contributed by atoms with Crippen LogP contribution < -0.4 is 5.32 Å². The van der Waals surface area contributed by atoms with E-state index in [1.54, 1.807) is 5.51 Å². The molecule has 0 atom stereocenters. The molecule has 1 fully saturated rings. The first-order valence-corrected chi connectivity index (χ1v) is 7.70. The van der Waals surface area contributed by atoms with Crippen LogP contribution in [0.5, 0.6) is 0 Å². The van der Waals surface area contributed by atoms with Crippen molar-refractivity contribution in [3.63, 3.8) is 0 Å². The van der Waals surface area contributed by atoms with Crippen molar-refractivity contribution in [3.05, 3.63) is 16.1 Å². The molecule has 1 saturated heterocycles. The lowest BCUT2D eigenvalue weighted by molar-refractivity contribution is 0.0374. The third-order valence-corrected chi connectivity index (χ3v) is 4.09. The van der Waals surface area contributed by atoms with Gasteiger partial charge in [0.1, 0.15) is 4.88 Å². The summed E-state index contributed by atoms with van der Waals surface area (Å²) in [6, 6.07) is 0. The Bertz CT molecular complexity index is 402. The van der Waals surface area contributed by atoms with E-state index >= 15 is 0 Å². The van der Waals surface area contributed by atoms with E-state index in [0.29, 0.717) is 0 Å². The number of nitrogens with zero attached hydrogens (tertiary/aromatic N) is 2. The number of hydrogen-bond donors (Lipinski definition) is 1. The van der Waals surface area contributed by atoms with Crippen LogP contribution in [0.1, 0.15) is 28.7 Å². The van der Waals surface area contributed by atoms with Gasteiger partial charge in [-0.05, 0) is 19.4 Å². The predicted molar refractivity (Wildman–Crippen MR) is 75.7 cm³/mol. The van der Waals surface area contributed by atoms with Crippen molar-refractivity contribution in [2.75, 3.05) is 39.4 Å². The molecule has 5 nitrogen and oxygen atoms in total. The zero-order valence-electron chi connectivity index (χ0n) is 11.4. The Kier molecular flexibility index (Phi) is 5.75. The number of aryl methyl sites for hydroxylation is 1. The highest BCUT2D eigenvalue weighted by Crippen LogP contribution is 2.13. The van der Waals surface area contributed by atoms with Gasteiger partial charge in [-0.1, -0.05) is 6.92 Å². The first-order valence-electron chi connectivity index (χ1n) is 6.82. The second kappa shape index (κ2) is 7.57. The van der Waals surface area contributed by atoms with Crippen molar-refractivity contribution < 1.29 is 9.53 Å². The molecule has 0 saturated carbocycles. The molecule has 1 N–H and O–H groups in total. The van der Waals surface area contributed by atoms with Gasteiger partial charge in [-0.2, -0.15) is 0 Å². The highest BCUT2D eigenvalue weighted by molar-refractivity contribution is 7.11. The average molecular weight is 283 g/mol. The molecule has 0 unspecified atom stereocenters. The van der Waals surface area contributed by atoms with Crippen LogP contribution >= 0.6 is 11.3 Å². The quantitative estimate of drug-likeness (QED) is 0.796. The van der Waals surface area contributed by atoms with Gasteiger partial charge >= 0.3 is 0 Å². The average Bonchev–Trinajstić information content (AvgIpc) is 2.93. The maximum Gasteiger partial charge on any atom is 0.263 e. The van der Waals surface area contributed by atoms with E-state index in [4.69, 9.17) is 4.74 Å². The third kappa shape index (κ3) is 4.26. The molecule has 6 heteroatoms. The van der Waals surface area contributed by atoms with Crippen LogP contribution in [-0.4, -0.2) is 55.2 Å². The van der Waals surface area contributed by atoms with Crippen LogP contribution in [0.2, 0.25) is 0 Å². The van der Waals surface area contributed by atoms with E-state index < -0.39 is 0 Å². The van der Waals surface area contributed by atoms with Gasteiger partial charge in [-0.15, -0.1) is 11.3 Å². The van der Waals surface area contributed by atoms with Crippen LogP contribution in [0.4, 0.5) is 0 Å². The number of morpholine rings is 1. The molecule has 0 spiro atoms. The normalized spacial score (nSPS) is 16.5. The highest BCUT2D eigenvalue weighted by atomic mass is 32.1. The largest absolute Gasteiger partial charge is 0.379 e. The number of carbonyl (C=O) groups excluding carboxylic acids is 1. The fraction of sp³-hybridized carbons (Fsp3) is 0.692. The molecule has 106 valence electrons. The maximum absolute atomic E-state index is 12.0. The Morgan fingerprint density at radius 2 is 2.32 bits per heavy atom. The molecule has 0 aromatic carbocycles. The van der Waals surface area contributed by atoms with E-state index in [1.807, 2.05) is 6.92 Å². The fourth-order valence-electron chi connectivity index (χ4n) is 2.12. The van der Waals surface area contributed by atoms with E-state index in [-0.39, 0.29) is 5.91 Å². The summed E-state index contributed by atoms with van der Waals surface area (Å²) in [5.74, 6) is 0.0151. The summed E-state index contributed by atoms with van der Waals surface area (Å²) in [6.45, 7) is 7.42. The Morgan fingerprint density at radius 1 is 1.53 bits per heavy atom. The Balaban J connectivity index is 1.66. The fourth-order valence-corrected chi connectivity index (χ4v) is 2.91. The van der Waals surface area contributed by atoms with Crippen molar-refractivity contribution in [1.29, 1.82) is 0 Å². The lowest BCUT2D eigenvalue weighted by Crippen LogP contribution is -2.38. The maximum atomic E-state index is 12.0. The zero-order chi connectivity index (χ0) is 13.5. The van der Waals surface area contributed by atoms with E-state index in [9.17, 15) is 4.79 Å². The minimum Gasteiger partial charge on any atom is -0.379 e. The summed E-state index contributed by atoms with van der Waals surface area (Å²) in [5.41, 5.74) is 2.64. The molecule has 0 bridgehead atoms. The van der Waals surface area contributed by atoms with Crippen LogP contribution in [0.25, 0.3) is 0 Å². The predicted octanol–water partition coefficient (Wildman–Crippen LogP) is 1.16. The SMILES string of the molecule is CCc1ncsc1C(=O)NCCCN1CCOCC1. The number of carbonyl (C=O) groups is 1. The molecule has 1 amide bonds. The standard InChI is InChI=1S/C13H21N3O2S/c1-2-11-12(19-10-15-11)13(17)14-4-3-5-16-6-8-18-9-7-16/h10H,2-9H2,1H3,(H,14,17). The van der Waals surface area contributed by atoms with E-state index in [1.165, 1.54) is 11.3 Å². The number of amides is 1. The topological polar surface area (TPSA) is 54.5 Å². The van der Waals surface area contributed by atoms with Gasteiger partial charge < -0.3 is 10.1 Å². The minimum atomic E-state index is 0.0151. The minimum absolute atomic E-state index is 0.0151. The zero-order valence-corrected chi connectivity index (χ0v) is 12.2. The molecule has 2 rings (SSSR count). The van der Waals surface area contributed by atoms with Crippen molar-refractivity contribution in [3.8, 4) is 0 Å². The van der Waals surface area contributed by atoms with Crippen molar-refractivity contribution >= 4 is 17.2 Å². The molecular weight excluding hydrogens is 262 g/mol. The molecule has 0 aliphatic carbocycles. The summed E-state index contributed by atoms with van der Waals surface area (Å²) >= 11 is 1.42. The van der Waals surface area contributed by atoms with Gasteiger partial charge in [0, 0.05) is 19.6 Å². The Morgan fingerprint density at radius 3 is 3.05 bits per heavy atom. The molecule has 1 aromatic rings. The monoisotopic (exact) mass is 283 g/mol. The van der Waals surface area contributed by atoms with Gasteiger partial charge in [-0.25, -0.2) is 4.98 Å². The van der Waals surface area contributed by atoms with Gasteiger partial charge in [0.15, 0.2) is 0 Å². The number of thiazole rings is 1. The number of aromatic nitrogens is 1. The second-order valence-electron chi connectivity index (χ2n) is 4.55. The second-order valence-corrected chi connectivity index (χ2v) is 5.40. The van der Waals surface area contributed by atoms with Crippen molar-refractivity contribution in [2.45, 2.75) is 19.8 Å². The number of rotatable bonds is 6. The highest BCUT2D eigenvalue weighted by Gasteiger charge is 2.13. The molecule has 1 aromatic heterocycles. The molecule has 1 aliphatic rings. The molecule has 19 heavy (non-hydrogen) atoms. The first kappa shape index (κ1) is 14.4. The van der Waals surface area contributed by atoms with Crippen molar-refractivity contribution in [1.82, 2.24) is 15.2 Å². The van der Waals surface area contributed by atoms with Crippen LogP contribution in [-0.2, 0) is 11.2 Å². The third-order valence-electron chi connectivity index (χ3n) is 3.22. The summed E-state index contributed by atoms with van der Waals surface area (Å²) in [4.78, 5) is 19.3. The van der Waals surface area contributed by atoms with Gasteiger partial charge in [0.2, 0.25) is 0 Å². The molecular formula is C13H21N3O2S. The van der Waals surface area contributed by atoms with Gasteiger partial charge in [-0.3, -0.25) is 9.69 Å². The first-order chi connectivity index (χ1) is 9.31. The lowest BCUT2D eigenvalue weighted by atomic mass is 10.3. The number of ether oxygens (including phenoxy) is 1. The Labute approximate surface area is 118 Å². The number of hydrogen-bond acceptors (Lipinski definition) is 5. The van der Waals surface area contributed by atoms with E-state index in [2.05, 4.69) is 15.2 Å². The van der Waals surface area contributed by atoms with Gasteiger partial charge in [0.05, 0.1) is 24.4 Å². The summed E-state index contributed by atoms with van der Waals surface area (Å²) in [7, 11) is 0.